The van der Waals surface area contributed by atoms with Gasteiger partial charge in [0.15, 0.2) is 0 Å². The maximum absolute atomic E-state index is 2.63. The average Bonchev–Trinajstić information content (AvgIpc) is 3.95. The largest absolute Gasteiger partial charge is 0.310 e. The quantitative estimate of drug-likeness (QED) is 0.176. The Morgan fingerprint density at radius 1 is 0.382 bits per heavy atom. The van der Waals surface area contributed by atoms with Crippen molar-refractivity contribution in [3.8, 4) is 33.4 Å². The van der Waals surface area contributed by atoms with Crippen molar-refractivity contribution in [3.05, 3.63) is 162 Å². The van der Waals surface area contributed by atoms with Crippen LogP contribution in [-0.2, 0) is 10.8 Å². The molecule has 8 atom stereocenters. The van der Waals surface area contributed by atoms with Gasteiger partial charge in [-0.1, -0.05) is 116 Å². The van der Waals surface area contributed by atoms with Crippen LogP contribution in [0.5, 0.6) is 0 Å². The van der Waals surface area contributed by atoms with Gasteiger partial charge in [0.05, 0.1) is 0 Å². The molecule has 2 spiro atoms. The molecule has 55 heavy (non-hydrogen) atoms. The van der Waals surface area contributed by atoms with Crippen LogP contribution < -0.4 is 4.90 Å². The molecule has 6 saturated carbocycles. The summed E-state index contributed by atoms with van der Waals surface area (Å²) >= 11 is 0. The molecule has 0 amide bonds. The molecule has 14 rings (SSSR count). The smallest absolute Gasteiger partial charge is 0.0468 e. The molecule has 0 heterocycles. The number of fused-ring (bicyclic) bond motifs is 12. The van der Waals surface area contributed by atoms with Crippen LogP contribution in [0.15, 0.2) is 140 Å². The number of benzene rings is 6. The van der Waals surface area contributed by atoms with Crippen LogP contribution in [0.1, 0.15) is 86.5 Å². The molecular weight excluding hydrogens is 663 g/mol. The minimum atomic E-state index is 0.143. The summed E-state index contributed by atoms with van der Waals surface area (Å²) in [5.41, 5.74) is 19.0. The molecular formula is C54H49N. The molecule has 0 saturated heterocycles. The zero-order chi connectivity index (χ0) is 35.9. The van der Waals surface area contributed by atoms with Gasteiger partial charge in [-0.15, -0.1) is 0 Å². The summed E-state index contributed by atoms with van der Waals surface area (Å²) in [7, 11) is 0. The van der Waals surface area contributed by atoms with Crippen LogP contribution in [0.3, 0.4) is 0 Å². The molecule has 6 aromatic rings. The van der Waals surface area contributed by atoms with Crippen LogP contribution in [0.4, 0.5) is 17.1 Å². The van der Waals surface area contributed by atoms with Gasteiger partial charge < -0.3 is 4.90 Å². The van der Waals surface area contributed by atoms with E-state index in [0.717, 1.165) is 35.5 Å². The van der Waals surface area contributed by atoms with E-state index in [4.69, 9.17) is 0 Å². The lowest BCUT2D eigenvalue weighted by molar-refractivity contribution is 0.0618. The number of hydrogen-bond donors (Lipinski definition) is 0. The summed E-state index contributed by atoms with van der Waals surface area (Å²) in [5, 5.41) is 0. The fraction of sp³-hybridized carbons (Fsp3) is 0.333. The van der Waals surface area contributed by atoms with Gasteiger partial charge in [-0.2, -0.15) is 0 Å². The van der Waals surface area contributed by atoms with E-state index in [0.29, 0.717) is 0 Å². The number of nitrogens with zero attached hydrogens (tertiary/aromatic N) is 1. The van der Waals surface area contributed by atoms with Gasteiger partial charge in [-0.25, -0.2) is 0 Å². The Morgan fingerprint density at radius 3 is 1.87 bits per heavy atom. The Kier molecular flexibility index (Phi) is 6.47. The maximum atomic E-state index is 2.63. The number of anilines is 3. The topological polar surface area (TPSA) is 3.24 Å². The molecule has 8 aliphatic carbocycles. The first-order chi connectivity index (χ1) is 27.2. The third kappa shape index (κ3) is 4.15. The second-order valence-corrected chi connectivity index (χ2v) is 18.9. The monoisotopic (exact) mass is 711 g/mol. The van der Waals surface area contributed by atoms with E-state index in [1.807, 2.05) is 0 Å². The van der Waals surface area contributed by atoms with E-state index >= 15 is 0 Å². The minimum Gasteiger partial charge on any atom is -0.310 e. The second-order valence-electron chi connectivity index (χ2n) is 18.9. The summed E-state index contributed by atoms with van der Waals surface area (Å²) in [5.74, 6) is 4.98. The number of rotatable bonds is 4. The van der Waals surface area contributed by atoms with E-state index in [2.05, 4.69) is 144 Å². The molecule has 0 aromatic heterocycles. The standard InChI is InChI=1S/C54H49N/c1-2-9-37(10-3-1)38-11-8-12-42(30-38)55(44-21-23-47-45-13-4-6-15-49(45)53(52(47)32-44)33-35-18-19-39(53)27-35)43-22-24-51-48(31-43)46-14-5-7-16-50(46)54(51)40-20-17-34-25-36(28-40)29-41(54)26-34/h1-16,21-24,30-32,34-36,39-41H,17-20,25-29,33H2. The fourth-order valence-electron chi connectivity index (χ4n) is 14.8. The normalized spacial score (nSPS) is 31.1. The summed E-state index contributed by atoms with van der Waals surface area (Å²) in [6.07, 6.45) is 14.0. The van der Waals surface area contributed by atoms with Gasteiger partial charge in [0.25, 0.3) is 0 Å². The zero-order valence-electron chi connectivity index (χ0n) is 31.8. The molecule has 8 aliphatic rings. The minimum absolute atomic E-state index is 0.143. The van der Waals surface area contributed by atoms with Crippen molar-refractivity contribution in [2.45, 2.75) is 75.0 Å². The summed E-state index contributed by atoms with van der Waals surface area (Å²) in [4.78, 5) is 2.60. The van der Waals surface area contributed by atoms with Gasteiger partial charge in [0.1, 0.15) is 0 Å². The lowest BCUT2D eigenvalue weighted by Crippen LogP contribution is -2.48. The molecule has 1 nitrogen and oxygen atoms in total. The van der Waals surface area contributed by atoms with Gasteiger partial charge >= 0.3 is 0 Å². The highest BCUT2D eigenvalue weighted by Gasteiger charge is 2.60. The Labute approximate surface area is 326 Å². The Bertz CT molecular complexity index is 2520. The molecule has 0 aliphatic heterocycles. The number of hydrogen-bond acceptors (Lipinski definition) is 1. The molecule has 0 radical (unpaired) electrons. The van der Waals surface area contributed by atoms with Gasteiger partial charge in [-0.3, -0.25) is 0 Å². The average molecular weight is 712 g/mol. The van der Waals surface area contributed by atoms with E-state index in [-0.39, 0.29) is 10.8 Å². The van der Waals surface area contributed by atoms with Crippen molar-refractivity contribution >= 4 is 17.1 Å². The summed E-state index contributed by atoms with van der Waals surface area (Å²) in [6.45, 7) is 0. The summed E-state index contributed by atoms with van der Waals surface area (Å²) < 4.78 is 0. The molecule has 1 heteroatoms. The van der Waals surface area contributed by atoms with E-state index < -0.39 is 0 Å². The highest BCUT2D eigenvalue weighted by atomic mass is 15.1. The van der Waals surface area contributed by atoms with Crippen LogP contribution in [0, 0.1) is 35.5 Å². The van der Waals surface area contributed by atoms with Crippen molar-refractivity contribution in [3.63, 3.8) is 0 Å². The van der Waals surface area contributed by atoms with Gasteiger partial charge in [-0.05, 0) is 179 Å². The van der Waals surface area contributed by atoms with Gasteiger partial charge in [0.2, 0.25) is 0 Å². The first-order valence-electron chi connectivity index (χ1n) is 21.6. The van der Waals surface area contributed by atoms with E-state index in [1.54, 1.807) is 22.3 Å². The molecule has 0 N–H and O–H groups in total. The van der Waals surface area contributed by atoms with Crippen LogP contribution in [-0.4, -0.2) is 0 Å². The fourth-order valence-corrected chi connectivity index (χ4v) is 14.8. The van der Waals surface area contributed by atoms with Crippen molar-refractivity contribution in [2.24, 2.45) is 35.5 Å². The Balaban J connectivity index is 1.02. The van der Waals surface area contributed by atoms with E-state index in [1.165, 1.54) is 115 Å². The molecule has 6 fully saturated rings. The van der Waals surface area contributed by atoms with Gasteiger partial charge in [0, 0.05) is 27.9 Å². The zero-order valence-corrected chi connectivity index (χ0v) is 31.8. The predicted octanol–water partition coefficient (Wildman–Crippen LogP) is 14.0. The third-order valence-corrected chi connectivity index (χ3v) is 16.6. The Morgan fingerprint density at radius 2 is 1.02 bits per heavy atom. The van der Waals surface area contributed by atoms with Crippen LogP contribution in [0.25, 0.3) is 33.4 Å². The lowest BCUT2D eigenvalue weighted by Gasteiger charge is -2.53. The summed E-state index contributed by atoms with van der Waals surface area (Å²) in [6, 6.07) is 54.6. The van der Waals surface area contributed by atoms with Crippen molar-refractivity contribution in [1.29, 1.82) is 0 Å². The molecule has 270 valence electrons. The lowest BCUT2D eigenvalue weighted by atomic mass is 9.51. The van der Waals surface area contributed by atoms with Crippen molar-refractivity contribution in [2.75, 3.05) is 4.90 Å². The molecule has 8 unspecified atom stereocenters. The van der Waals surface area contributed by atoms with Crippen molar-refractivity contribution < 1.29 is 0 Å². The molecule has 6 aromatic carbocycles. The van der Waals surface area contributed by atoms with E-state index in [9.17, 15) is 0 Å². The maximum Gasteiger partial charge on any atom is 0.0468 e. The molecule has 6 bridgehead atoms. The highest BCUT2D eigenvalue weighted by molar-refractivity contribution is 5.90. The SMILES string of the molecule is c1ccc(-c2cccc(N(c3ccc4c(c3)-c3ccccc3C43C4CCC5CC(C4)CC3C5)c3ccc4c(c3)C3(CC5CCC3C5)c3ccccc3-4)c2)cc1. The second kappa shape index (κ2) is 11.3. The highest BCUT2D eigenvalue weighted by Crippen LogP contribution is 2.69. The predicted molar refractivity (Wildman–Crippen MR) is 226 cm³/mol. The Hall–Kier alpha value is -4.88. The first-order valence-corrected chi connectivity index (χ1v) is 21.6. The van der Waals surface area contributed by atoms with Crippen molar-refractivity contribution in [1.82, 2.24) is 0 Å². The van der Waals surface area contributed by atoms with Crippen LogP contribution >= 0.6 is 0 Å². The van der Waals surface area contributed by atoms with Crippen LogP contribution in [0.2, 0.25) is 0 Å². The first kappa shape index (κ1) is 31.3. The third-order valence-electron chi connectivity index (χ3n) is 16.6.